The van der Waals surface area contributed by atoms with Gasteiger partial charge in [-0.1, -0.05) is 52.9 Å². The Hall–Kier alpha value is -1.53. The van der Waals surface area contributed by atoms with Crippen LogP contribution in [-0.4, -0.2) is 21.1 Å². The van der Waals surface area contributed by atoms with Crippen molar-refractivity contribution in [3.8, 4) is 5.75 Å². The van der Waals surface area contributed by atoms with Crippen molar-refractivity contribution < 1.29 is 9.90 Å². The molecule has 0 spiro atoms. The smallest absolute Gasteiger partial charge is 0.223 e. The van der Waals surface area contributed by atoms with Crippen molar-refractivity contribution in [2.75, 3.05) is 0 Å². The molecule has 0 bridgehead atoms. The number of nitrogens with zero attached hydrogens (tertiary/aromatic N) is 1. The molecule has 2 aromatic rings. The average Bonchev–Trinajstić information content (AvgIpc) is 2.82. The minimum Gasteiger partial charge on any atom is -0.507 e. The van der Waals surface area contributed by atoms with Crippen LogP contribution in [0.2, 0.25) is 0 Å². The first-order chi connectivity index (χ1) is 10.4. The number of carbonyl (C=O) groups excluding carboxylic acids is 1. The molecule has 0 saturated carbocycles. The molecule has 23 heavy (non-hydrogen) atoms. The quantitative estimate of drug-likeness (QED) is 0.607. The third kappa shape index (κ3) is 3.70. The van der Waals surface area contributed by atoms with Gasteiger partial charge in [-0.3, -0.25) is 9.89 Å². The number of benzene rings is 1. The number of hydrogen-bond acceptors (Lipinski definition) is 5. The van der Waals surface area contributed by atoms with Gasteiger partial charge in [0.05, 0.1) is 0 Å². The highest BCUT2D eigenvalue weighted by atomic mass is 32.1. The van der Waals surface area contributed by atoms with Gasteiger partial charge in [-0.2, -0.15) is 5.10 Å². The Morgan fingerprint density at radius 3 is 1.96 bits per heavy atom. The van der Waals surface area contributed by atoms with E-state index in [0.717, 1.165) is 22.5 Å². The maximum Gasteiger partial charge on any atom is 0.223 e. The predicted octanol–water partition coefficient (Wildman–Crippen LogP) is 4.73. The summed E-state index contributed by atoms with van der Waals surface area (Å²) in [7, 11) is 0. The molecule has 2 N–H and O–H groups in total. The molecule has 1 aromatic carbocycles. The number of hydrogen-bond donors (Lipinski definition) is 2. The first kappa shape index (κ1) is 17.8. The lowest BCUT2D eigenvalue weighted by atomic mass is 9.78. The van der Waals surface area contributed by atoms with E-state index in [2.05, 4.69) is 10.2 Å². The minimum atomic E-state index is -0.279. The SMILES string of the molecule is CC(C)(C)c1cc(C(=O)c2n[nH]c(=S)s2)cc(C(C)(C)C)c1O. The third-order valence-corrected chi connectivity index (χ3v) is 4.71. The fourth-order valence-corrected chi connectivity index (χ4v) is 3.21. The van der Waals surface area contributed by atoms with Crippen molar-refractivity contribution >= 4 is 29.3 Å². The van der Waals surface area contributed by atoms with Crippen molar-refractivity contribution in [1.82, 2.24) is 10.2 Å². The molecule has 0 atom stereocenters. The second kappa shape index (κ2) is 5.83. The second-order valence-electron chi connectivity index (χ2n) is 7.67. The molecule has 1 aromatic heterocycles. The highest BCUT2D eigenvalue weighted by Crippen LogP contribution is 2.40. The van der Waals surface area contributed by atoms with Crippen LogP contribution in [0.5, 0.6) is 5.75 Å². The topological polar surface area (TPSA) is 66.0 Å². The van der Waals surface area contributed by atoms with Crippen LogP contribution >= 0.6 is 23.6 Å². The number of H-pyrrole nitrogens is 1. The van der Waals surface area contributed by atoms with Crippen molar-refractivity contribution in [3.63, 3.8) is 0 Å². The number of nitrogens with one attached hydrogen (secondary N) is 1. The molecule has 0 aliphatic carbocycles. The summed E-state index contributed by atoms with van der Waals surface area (Å²) in [5.41, 5.74) is 1.48. The van der Waals surface area contributed by atoms with E-state index in [4.69, 9.17) is 12.2 Å². The van der Waals surface area contributed by atoms with Gasteiger partial charge < -0.3 is 5.11 Å². The zero-order valence-electron chi connectivity index (χ0n) is 14.3. The Bertz CT molecular complexity index is 770. The molecule has 0 unspecified atom stereocenters. The maximum atomic E-state index is 12.7. The number of rotatable bonds is 2. The van der Waals surface area contributed by atoms with E-state index < -0.39 is 0 Å². The molecule has 4 nitrogen and oxygen atoms in total. The standard InChI is InChI=1S/C17H22N2O2S2/c1-16(2,3)10-7-9(8-11(13(10)21)17(4,5)6)12(20)14-18-19-15(22)23-14/h7-8,21H,1-6H3,(H,19,22). The van der Waals surface area contributed by atoms with Crippen molar-refractivity contribution in [2.24, 2.45) is 0 Å². The molecule has 0 fully saturated rings. The summed E-state index contributed by atoms with van der Waals surface area (Å²) in [6, 6.07) is 3.52. The molecule has 124 valence electrons. The minimum absolute atomic E-state index is 0.182. The summed E-state index contributed by atoms with van der Waals surface area (Å²) in [4.78, 5) is 12.7. The largest absolute Gasteiger partial charge is 0.507 e. The monoisotopic (exact) mass is 350 g/mol. The lowest BCUT2D eigenvalue weighted by Gasteiger charge is -2.27. The van der Waals surface area contributed by atoms with Crippen LogP contribution in [0.15, 0.2) is 12.1 Å². The first-order valence-corrected chi connectivity index (χ1v) is 8.62. The first-order valence-electron chi connectivity index (χ1n) is 7.39. The van der Waals surface area contributed by atoms with E-state index in [1.807, 2.05) is 41.5 Å². The van der Waals surface area contributed by atoms with Gasteiger partial charge in [0, 0.05) is 16.7 Å². The summed E-state index contributed by atoms with van der Waals surface area (Å²) in [6.07, 6.45) is 0. The highest BCUT2D eigenvalue weighted by Gasteiger charge is 2.28. The second-order valence-corrected chi connectivity index (χ2v) is 9.33. The van der Waals surface area contributed by atoms with Crippen LogP contribution in [0, 0.1) is 3.95 Å². The number of aromatic amines is 1. The molecular formula is C17H22N2O2S2. The summed E-state index contributed by atoms with van der Waals surface area (Å²) in [5, 5.41) is 17.6. The van der Waals surface area contributed by atoms with Gasteiger partial charge in [0.25, 0.3) is 0 Å². The molecule has 0 radical (unpaired) electrons. The molecular weight excluding hydrogens is 328 g/mol. The molecule has 6 heteroatoms. The summed E-state index contributed by atoms with van der Waals surface area (Å²) in [5.74, 6) is 0.0783. The zero-order chi connectivity index (χ0) is 17.6. The Labute approximate surface area is 145 Å². The Kier molecular flexibility index (Phi) is 4.52. The fraction of sp³-hybridized carbons (Fsp3) is 0.471. The van der Waals surface area contributed by atoms with Crippen molar-refractivity contribution in [2.45, 2.75) is 52.4 Å². The number of aromatic nitrogens is 2. The molecule has 0 aliphatic rings. The van der Waals surface area contributed by atoms with E-state index in [1.54, 1.807) is 12.1 Å². The van der Waals surface area contributed by atoms with Gasteiger partial charge in [0.15, 0.2) is 8.96 Å². The van der Waals surface area contributed by atoms with Gasteiger partial charge in [-0.05, 0) is 35.2 Å². The summed E-state index contributed by atoms with van der Waals surface area (Å²) >= 11 is 6.16. The number of phenols is 1. The molecule has 0 saturated heterocycles. The summed E-state index contributed by atoms with van der Waals surface area (Å²) in [6.45, 7) is 12.1. The van der Waals surface area contributed by atoms with Crippen LogP contribution in [0.4, 0.5) is 0 Å². The van der Waals surface area contributed by atoms with Gasteiger partial charge in [0.1, 0.15) is 5.75 Å². The van der Waals surface area contributed by atoms with E-state index in [0.29, 0.717) is 14.5 Å². The van der Waals surface area contributed by atoms with Crippen LogP contribution in [0.1, 0.15) is 68.0 Å². The van der Waals surface area contributed by atoms with Gasteiger partial charge in [-0.25, -0.2) is 0 Å². The van der Waals surface area contributed by atoms with E-state index in [1.165, 1.54) is 0 Å². The third-order valence-electron chi connectivity index (χ3n) is 3.62. The number of aromatic hydroxyl groups is 1. The Morgan fingerprint density at radius 1 is 1.13 bits per heavy atom. The average molecular weight is 351 g/mol. The maximum absolute atomic E-state index is 12.7. The molecule has 0 aliphatic heterocycles. The Morgan fingerprint density at radius 2 is 1.61 bits per heavy atom. The normalized spacial score (nSPS) is 12.4. The molecule has 2 rings (SSSR count). The van der Waals surface area contributed by atoms with Gasteiger partial charge >= 0.3 is 0 Å². The predicted molar refractivity (Wildman–Crippen MR) is 96.2 cm³/mol. The number of carbonyl (C=O) groups is 1. The van der Waals surface area contributed by atoms with Crippen molar-refractivity contribution in [1.29, 1.82) is 0 Å². The van der Waals surface area contributed by atoms with E-state index in [9.17, 15) is 9.90 Å². The van der Waals surface area contributed by atoms with Crippen LogP contribution < -0.4 is 0 Å². The van der Waals surface area contributed by atoms with E-state index >= 15 is 0 Å². The lowest BCUT2D eigenvalue weighted by Crippen LogP contribution is -2.19. The van der Waals surface area contributed by atoms with Crippen LogP contribution in [-0.2, 0) is 10.8 Å². The summed E-state index contributed by atoms with van der Waals surface area (Å²) < 4.78 is 0.471. The van der Waals surface area contributed by atoms with E-state index in [-0.39, 0.29) is 22.4 Å². The fourth-order valence-electron chi connectivity index (χ4n) is 2.36. The zero-order valence-corrected chi connectivity index (χ0v) is 15.9. The molecule has 0 amide bonds. The van der Waals surface area contributed by atoms with Gasteiger partial charge in [0.2, 0.25) is 5.78 Å². The van der Waals surface area contributed by atoms with Crippen molar-refractivity contribution in [3.05, 3.63) is 37.8 Å². The van der Waals surface area contributed by atoms with Crippen LogP contribution in [0.25, 0.3) is 0 Å². The molecule has 1 heterocycles. The highest BCUT2D eigenvalue weighted by molar-refractivity contribution is 7.73. The lowest BCUT2D eigenvalue weighted by molar-refractivity contribution is 0.103. The van der Waals surface area contributed by atoms with Gasteiger partial charge in [-0.15, -0.1) is 0 Å². The van der Waals surface area contributed by atoms with Crippen LogP contribution in [0.3, 0.4) is 0 Å². The Balaban J connectivity index is 2.70. The number of ketones is 1. The number of phenolic OH excluding ortho intramolecular Hbond substituents is 1.